The zero-order chi connectivity index (χ0) is 17.2. The van der Waals surface area contributed by atoms with E-state index >= 15 is 0 Å². The SMILES string of the molecule is N#CCc1cccc(-c2cnc3cc(-c4ccc(F)cc4)ccn23)c1. The number of halogens is 1. The first-order chi connectivity index (χ1) is 12.2. The Morgan fingerprint density at radius 2 is 1.80 bits per heavy atom. The van der Waals surface area contributed by atoms with Crippen LogP contribution in [0.1, 0.15) is 5.56 Å². The molecule has 2 aromatic heterocycles. The molecule has 2 aromatic carbocycles. The predicted octanol–water partition coefficient (Wildman–Crippen LogP) is 4.87. The average molecular weight is 327 g/mol. The molecule has 4 heteroatoms. The summed E-state index contributed by atoms with van der Waals surface area (Å²) in [6.45, 7) is 0. The molecular formula is C21H14FN3. The van der Waals surface area contributed by atoms with Crippen LogP contribution in [-0.2, 0) is 6.42 Å². The van der Waals surface area contributed by atoms with Crippen molar-refractivity contribution >= 4 is 5.65 Å². The molecule has 0 aliphatic heterocycles. The van der Waals surface area contributed by atoms with Gasteiger partial charge in [-0.15, -0.1) is 0 Å². The number of aromatic nitrogens is 2. The molecule has 120 valence electrons. The summed E-state index contributed by atoms with van der Waals surface area (Å²) in [7, 11) is 0. The lowest BCUT2D eigenvalue weighted by Gasteiger charge is -2.06. The number of fused-ring (bicyclic) bond motifs is 1. The van der Waals surface area contributed by atoms with Crippen molar-refractivity contribution in [1.29, 1.82) is 5.26 Å². The van der Waals surface area contributed by atoms with Gasteiger partial charge in [0.05, 0.1) is 24.4 Å². The highest BCUT2D eigenvalue weighted by atomic mass is 19.1. The first-order valence-corrected chi connectivity index (χ1v) is 7.94. The van der Waals surface area contributed by atoms with E-state index in [2.05, 4.69) is 11.1 Å². The Hall–Kier alpha value is -3.45. The molecule has 4 rings (SSSR count). The number of rotatable bonds is 3. The van der Waals surface area contributed by atoms with E-state index in [1.807, 2.05) is 53.2 Å². The molecule has 25 heavy (non-hydrogen) atoms. The van der Waals surface area contributed by atoms with Crippen molar-refractivity contribution in [3.63, 3.8) is 0 Å². The number of nitriles is 1. The standard InChI is InChI=1S/C21H14FN3/c22-19-6-4-16(5-7-19)17-9-11-25-20(14-24-21(25)13-17)18-3-1-2-15(12-18)8-10-23/h1-7,9,11-14H,8H2. The van der Waals surface area contributed by atoms with Gasteiger partial charge in [-0.1, -0.05) is 30.3 Å². The van der Waals surface area contributed by atoms with E-state index in [1.54, 1.807) is 12.1 Å². The van der Waals surface area contributed by atoms with E-state index in [1.165, 1.54) is 12.1 Å². The number of pyridine rings is 1. The van der Waals surface area contributed by atoms with Gasteiger partial charge in [0, 0.05) is 11.8 Å². The summed E-state index contributed by atoms with van der Waals surface area (Å²) in [6.07, 6.45) is 4.18. The molecule has 0 saturated heterocycles. The van der Waals surface area contributed by atoms with Gasteiger partial charge in [0.25, 0.3) is 0 Å². The molecule has 0 N–H and O–H groups in total. The number of imidazole rings is 1. The molecule has 0 fully saturated rings. The highest BCUT2D eigenvalue weighted by molar-refractivity contribution is 5.71. The molecule has 2 heterocycles. The van der Waals surface area contributed by atoms with Crippen LogP contribution in [-0.4, -0.2) is 9.38 Å². The first-order valence-electron chi connectivity index (χ1n) is 7.94. The Labute approximate surface area is 144 Å². The minimum atomic E-state index is -0.245. The summed E-state index contributed by atoms with van der Waals surface area (Å²) in [6, 6.07) is 20.5. The van der Waals surface area contributed by atoms with Crippen LogP contribution in [0.25, 0.3) is 28.0 Å². The van der Waals surface area contributed by atoms with Crippen LogP contribution in [0.4, 0.5) is 4.39 Å². The molecule has 0 aliphatic rings. The third-order valence-electron chi connectivity index (χ3n) is 4.20. The molecule has 0 amide bonds. The van der Waals surface area contributed by atoms with Crippen molar-refractivity contribution in [2.24, 2.45) is 0 Å². The van der Waals surface area contributed by atoms with E-state index in [-0.39, 0.29) is 5.82 Å². The quantitative estimate of drug-likeness (QED) is 0.538. The Morgan fingerprint density at radius 3 is 2.60 bits per heavy atom. The Kier molecular flexibility index (Phi) is 3.75. The third kappa shape index (κ3) is 2.88. The molecule has 3 nitrogen and oxygen atoms in total. The Bertz CT molecular complexity index is 1090. The fourth-order valence-electron chi connectivity index (χ4n) is 2.95. The van der Waals surface area contributed by atoms with Crippen LogP contribution >= 0.6 is 0 Å². The first kappa shape index (κ1) is 15.1. The second-order valence-corrected chi connectivity index (χ2v) is 5.83. The molecular weight excluding hydrogens is 313 g/mol. The zero-order valence-corrected chi connectivity index (χ0v) is 13.4. The lowest BCUT2D eigenvalue weighted by molar-refractivity contribution is 0.628. The monoisotopic (exact) mass is 327 g/mol. The van der Waals surface area contributed by atoms with Crippen molar-refractivity contribution in [2.75, 3.05) is 0 Å². The van der Waals surface area contributed by atoms with E-state index in [0.29, 0.717) is 6.42 Å². The third-order valence-corrected chi connectivity index (χ3v) is 4.20. The van der Waals surface area contributed by atoms with Crippen LogP contribution in [0.3, 0.4) is 0 Å². The van der Waals surface area contributed by atoms with E-state index < -0.39 is 0 Å². The second kappa shape index (κ2) is 6.21. The van der Waals surface area contributed by atoms with Crippen LogP contribution in [0.15, 0.2) is 73.1 Å². The van der Waals surface area contributed by atoms with Crippen molar-refractivity contribution in [3.8, 4) is 28.5 Å². The van der Waals surface area contributed by atoms with Gasteiger partial charge in [0.1, 0.15) is 11.5 Å². The van der Waals surface area contributed by atoms with Crippen LogP contribution in [0.5, 0.6) is 0 Å². The maximum Gasteiger partial charge on any atom is 0.137 e. The molecule has 0 aliphatic carbocycles. The highest BCUT2D eigenvalue weighted by Gasteiger charge is 2.08. The summed E-state index contributed by atoms with van der Waals surface area (Å²) in [5, 5.41) is 8.88. The summed E-state index contributed by atoms with van der Waals surface area (Å²) in [4.78, 5) is 4.50. The predicted molar refractivity (Wildman–Crippen MR) is 95.3 cm³/mol. The van der Waals surface area contributed by atoms with Gasteiger partial charge in [-0.05, 0) is 47.0 Å². The summed E-state index contributed by atoms with van der Waals surface area (Å²) in [5.41, 5.74) is 5.74. The topological polar surface area (TPSA) is 41.1 Å². The molecule has 0 spiro atoms. The van der Waals surface area contributed by atoms with Crippen molar-refractivity contribution in [1.82, 2.24) is 9.38 Å². The van der Waals surface area contributed by atoms with Crippen molar-refractivity contribution < 1.29 is 4.39 Å². The molecule has 0 bridgehead atoms. The lowest BCUT2D eigenvalue weighted by Crippen LogP contribution is -1.90. The number of nitrogens with zero attached hydrogens (tertiary/aromatic N) is 3. The minimum Gasteiger partial charge on any atom is -0.300 e. The Balaban J connectivity index is 1.77. The molecule has 0 saturated carbocycles. The maximum absolute atomic E-state index is 13.1. The largest absolute Gasteiger partial charge is 0.300 e. The molecule has 0 radical (unpaired) electrons. The normalized spacial score (nSPS) is 10.7. The van der Waals surface area contributed by atoms with Gasteiger partial charge in [-0.3, -0.25) is 4.40 Å². The second-order valence-electron chi connectivity index (χ2n) is 5.83. The number of benzene rings is 2. The molecule has 0 unspecified atom stereocenters. The van der Waals surface area contributed by atoms with Crippen LogP contribution in [0.2, 0.25) is 0 Å². The zero-order valence-electron chi connectivity index (χ0n) is 13.4. The van der Waals surface area contributed by atoms with Gasteiger partial charge < -0.3 is 0 Å². The smallest absolute Gasteiger partial charge is 0.137 e. The van der Waals surface area contributed by atoms with Crippen molar-refractivity contribution in [2.45, 2.75) is 6.42 Å². The molecule has 0 atom stereocenters. The summed E-state index contributed by atoms with van der Waals surface area (Å²) < 4.78 is 15.1. The van der Waals surface area contributed by atoms with Gasteiger partial charge in [-0.25, -0.2) is 9.37 Å². The summed E-state index contributed by atoms with van der Waals surface area (Å²) in [5.74, 6) is -0.245. The van der Waals surface area contributed by atoms with Gasteiger partial charge >= 0.3 is 0 Å². The Morgan fingerprint density at radius 1 is 0.960 bits per heavy atom. The van der Waals surface area contributed by atoms with Crippen molar-refractivity contribution in [3.05, 3.63) is 84.4 Å². The van der Waals surface area contributed by atoms with E-state index in [0.717, 1.165) is 33.6 Å². The van der Waals surface area contributed by atoms with Crippen LogP contribution < -0.4 is 0 Å². The average Bonchev–Trinajstić information content (AvgIpc) is 3.06. The highest BCUT2D eigenvalue weighted by Crippen LogP contribution is 2.26. The lowest BCUT2D eigenvalue weighted by atomic mass is 10.1. The minimum absolute atomic E-state index is 0.245. The van der Waals surface area contributed by atoms with Gasteiger partial charge in [0.2, 0.25) is 0 Å². The number of hydrogen-bond acceptors (Lipinski definition) is 2. The maximum atomic E-state index is 13.1. The van der Waals surface area contributed by atoms with E-state index in [4.69, 9.17) is 5.26 Å². The molecule has 4 aromatic rings. The fourth-order valence-corrected chi connectivity index (χ4v) is 2.95. The fraction of sp³-hybridized carbons (Fsp3) is 0.0476. The van der Waals surface area contributed by atoms with Gasteiger partial charge in [0.15, 0.2) is 0 Å². The van der Waals surface area contributed by atoms with Gasteiger partial charge in [-0.2, -0.15) is 5.26 Å². The number of hydrogen-bond donors (Lipinski definition) is 0. The van der Waals surface area contributed by atoms with E-state index in [9.17, 15) is 4.39 Å². The van der Waals surface area contributed by atoms with Crippen LogP contribution in [0, 0.1) is 17.1 Å². The summed E-state index contributed by atoms with van der Waals surface area (Å²) >= 11 is 0.